The van der Waals surface area contributed by atoms with Gasteiger partial charge in [0.15, 0.2) is 0 Å². The molecule has 2 aromatic carbocycles. The predicted octanol–water partition coefficient (Wildman–Crippen LogP) is 7.91. The summed E-state index contributed by atoms with van der Waals surface area (Å²) in [7, 11) is 0. The number of hydrogen-bond acceptors (Lipinski definition) is 2. The highest BCUT2D eigenvalue weighted by Gasteiger charge is 1.95. The van der Waals surface area contributed by atoms with Crippen molar-refractivity contribution in [3.8, 4) is 0 Å². The zero-order chi connectivity index (χ0) is 19.1. The molecule has 2 rings (SSSR count). The lowest BCUT2D eigenvalue weighted by molar-refractivity contribution is 1.09. The van der Waals surface area contributed by atoms with Crippen LogP contribution in [0.15, 0.2) is 71.8 Å². The zero-order valence-corrected chi connectivity index (χ0v) is 17.5. The van der Waals surface area contributed by atoms with Gasteiger partial charge in [-0.25, -0.2) is 0 Å². The van der Waals surface area contributed by atoms with Crippen molar-refractivity contribution in [2.45, 2.75) is 45.9 Å². The van der Waals surface area contributed by atoms with Gasteiger partial charge in [0.2, 0.25) is 0 Å². The molecule has 2 aromatic rings. The Balaban J connectivity index is 0.00000104. The Bertz CT molecular complexity index is 633. The van der Waals surface area contributed by atoms with Crippen LogP contribution in [0.3, 0.4) is 0 Å². The third kappa shape index (κ3) is 10.8. The van der Waals surface area contributed by atoms with Crippen LogP contribution in [-0.4, -0.2) is 0 Å². The predicted molar refractivity (Wildman–Crippen MR) is 117 cm³/mol. The van der Waals surface area contributed by atoms with Gasteiger partial charge in [0.1, 0.15) is 0 Å². The maximum atomic E-state index is 5.85. The van der Waals surface area contributed by atoms with Crippen molar-refractivity contribution in [1.29, 1.82) is 0 Å². The van der Waals surface area contributed by atoms with Crippen LogP contribution in [0.1, 0.15) is 45.2 Å². The van der Waals surface area contributed by atoms with Crippen LogP contribution in [0.5, 0.6) is 0 Å². The van der Waals surface area contributed by atoms with E-state index in [0.29, 0.717) is 0 Å². The van der Waals surface area contributed by atoms with Gasteiger partial charge in [0, 0.05) is 15.6 Å². The molecule has 0 spiro atoms. The van der Waals surface area contributed by atoms with Crippen molar-refractivity contribution >= 4 is 29.6 Å². The average Bonchev–Trinajstić information content (AvgIpc) is 2.63. The average molecular weight is 376 g/mol. The standard InChI is InChI=1S/C17H16ClNS.C3H8.C2H6/c1-13-5-3-4-6-15(13)8-7-14(2)19-20-17-11-9-16(18)10-12-17;1-3-2;1-2/h3-12,19H,2H2,1H3;3H2,1-2H3;1-2H3/b8-7-;;. The van der Waals surface area contributed by atoms with E-state index in [0.717, 1.165) is 15.6 Å². The second-order valence-electron chi connectivity index (χ2n) is 5.08. The SMILES string of the molecule is C=C(/C=C\c1ccccc1C)NSc1ccc(Cl)cc1.CC.CCC. The van der Waals surface area contributed by atoms with Gasteiger partial charge in [-0.2, -0.15) is 0 Å². The Morgan fingerprint density at radius 1 is 1.08 bits per heavy atom. The third-order valence-electron chi connectivity index (χ3n) is 2.77. The van der Waals surface area contributed by atoms with Crippen LogP contribution in [-0.2, 0) is 0 Å². The second kappa shape index (κ2) is 14.7. The minimum Gasteiger partial charge on any atom is -0.326 e. The zero-order valence-electron chi connectivity index (χ0n) is 16.0. The molecule has 3 heteroatoms. The van der Waals surface area contributed by atoms with Gasteiger partial charge in [0.25, 0.3) is 0 Å². The maximum Gasteiger partial charge on any atom is 0.0406 e. The van der Waals surface area contributed by atoms with E-state index < -0.39 is 0 Å². The van der Waals surface area contributed by atoms with Crippen LogP contribution >= 0.6 is 23.5 Å². The molecule has 0 aliphatic rings. The Labute approximate surface area is 163 Å². The van der Waals surface area contributed by atoms with Crippen molar-refractivity contribution < 1.29 is 0 Å². The van der Waals surface area contributed by atoms with Gasteiger partial charge in [-0.15, -0.1) is 0 Å². The summed E-state index contributed by atoms with van der Waals surface area (Å²) in [5, 5.41) is 0.743. The lowest BCUT2D eigenvalue weighted by Gasteiger charge is -2.05. The van der Waals surface area contributed by atoms with E-state index in [4.69, 9.17) is 11.6 Å². The molecule has 136 valence electrons. The second-order valence-corrected chi connectivity index (χ2v) is 6.40. The summed E-state index contributed by atoms with van der Waals surface area (Å²) in [5.41, 5.74) is 3.31. The van der Waals surface area contributed by atoms with E-state index >= 15 is 0 Å². The first-order valence-corrected chi connectivity index (χ1v) is 9.87. The Morgan fingerprint density at radius 2 is 1.64 bits per heavy atom. The van der Waals surface area contributed by atoms with Gasteiger partial charge in [0.05, 0.1) is 0 Å². The number of benzene rings is 2. The summed E-state index contributed by atoms with van der Waals surface area (Å²) < 4.78 is 3.20. The molecule has 0 aromatic heterocycles. The minimum atomic E-state index is 0.743. The lowest BCUT2D eigenvalue weighted by atomic mass is 10.1. The van der Waals surface area contributed by atoms with Crippen molar-refractivity contribution in [2.24, 2.45) is 0 Å². The van der Waals surface area contributed by atoms with E-state index in [2.05, 4.69) is 50.3 Å². The fourth-order valence-electron chi connectivity index (χ4n) is 1.63. The quantitative estimate of drug-likeness (QED) is 0.420. The molecule has 0 aliphatic heterocycles. The highest BCUT2D eigenvalue weighted by Crippen LogP contribution is 2.19. The number of allylic oxidation sites excluding steroid dienone is 1. The van der Waals surface area contributed by atoms with E-state index in [1.807, 2.05) is 56.3 Å². The highest BCUT2D eigenvalue weighted by atomic mass is 35.5. The van der Waals surface area contributed by atoms with Gasteiger partial charge in [-0.3, -0.25) is 0 Å². The molecule has 0 amide bonds. The molecule has 0 aliphatic carbocycles. The van der Waals surface area contributed by atoms with Crippen molar-refractivity contribution in [3.63, 3.8) is 0 Å². The van der Waals surface area contributed by atoms with Gasteiger partial charge in [-0.1, -0.05) is 82.6 Å². The third-order valence-corrected chi connectivity index (χ3v) is 3.89. The van der Waals surface area contributed by atoms with Gasteiger partial charge in [-0.05, 0) is 60.3 Å². The van der Waals surface area contributed by atoms with Gasteiger partial charge < -0.3 is 4.72 Å². The van der Waals surface area contributed by atoms with E-state index in [1.54, 1.807) is 0 Å². The smallest absolute Gasteiger partial charge is 0.0406 e. The summed E-state index contributed by atoms with van der Waals surface area (Å²) in [5.74, 6) is 0. The highest BCUT2D eigenvalue weighted by molar-refractivity contribution is 7.97. The van der Waals surface area contributed by atoms with Crippen LogP contribution in [0, 0.1) is 6.92 Å². The molecule has 1 nitrogen and oxygen atoms in total. The number of nitrogens with one attached hydrogen (secondary N) is 1. The van der Waals surface area contributed by atoms with Crippen molar-refractivity contribution in [1.82, 2.24) is 4.72 Å². The summed E-state index contributed by atoms with van der Waals surface area (Å²) >= 11 is 7.37. The molecule has 0 atom stereocenters. The number of rotatable bonds is 5. The molecule has 0 saturated carbocycles. The largest absolute Gasteiger partial charge is 0.326 e. The lowest BCUT2D eigenvalue weighted by Crippen LogP contribution is -1.98. The fourth-order valence-corrected chi connectivity index (χ4v) is 2.34. The van der Waals surface area contributed by atoms with E-state index in [-0.39, 0.29) is 0 Å². The van der Waals surface area contributed by atoms with Crippen LogP contribution in [0.4, 0.5) is 0 Å². The Morgan fingerprint density at radius 3 is 2.20 bits per heavy atom. The van der Waals surface area contributed by atoms with Crippen LogP contribution < -0.4 is 4.72 Å². The maximum absolute atomic E-state index is 5.85. The van der Waals surface area contributed by atoms with Gasteiger partial charge >= 0.3 is 0 Å². The first kappa shape index (κ1) is 23.4. The Hall–Kier alpha value is -1.64. The summed E-state index contributed by atoms with van der Waals surface area (Å²) in [6.45, 7) is 14.3. The van der Waals surface area contributed by atoms with Crippen molar-refractivity contribution in [2.75, 3.05) is 0 Å². The van der Waals surface area contributed by atoms with Crippen molar-refractivity contribution in [3.05, 3.63) is 83.0 Å². The fraction of sp³-hybridized carbons (Fsp3) is 0.273. The number of halogens is 1. The summed E-state index contributed by atoms with van der Waals surface area (Å²) in [4.78, 5) is 1.10. The molecule has 1 N–H and O–H groups in total. The van der Waals surface area contributed by atoms with E-state index in [9.17, 15) is 0 Å². The topological polar surface area (TPSA) is 12.0 Å². The van der Waals surface area contributed by atoms with Crippen LogP contribution in [0.25, 0.3) is 6.08 Å². The molecule has 25 heavy (non-hydrogen) atoms. The first-order chi connectivity index (χ1) is 12.1. The molecule has 0 bridgehead atoms. The molecule has 0 radical (unpaired) electrons. The number of hydrogen-bond donors (Lipinski definition) is 1. The first-order valence-electron chi connectivity index (χ1n) is 8.67. The molecule has 0 heterocycles. The molecule has 0 saturated heterocycles. The number of aryl methyl sites for hydroxylation is 1. The summed E-state index contributed by atoms with van der Waals surface area (Å²) in [6, 6.07) is 15.9. The molecular formula is C22H30ClNS. The monoisotopic (exact) mass is 375 g/mol. The summed E-state index contributed by atoms with van der Waals surface area (Å²) in [6.07, 6.45) is 5.29. The van der Waals surface area contributed by atoms with Crippen LogP contribution in [0.2, 0.25) is 5.02 Å². The normalized spacial score (nSPS) is 9.52. The molecular weight excluding hydrogens is 346 g/mol. The van der Waals surface area contributed by atoms with E-state index in [1.165, 1.54) is 29.5 Å². The minimum absolute atomic E-state index is 0.743. The molecule has 0 fully saturated rings. The Kier molecular flexibility index (Phi) is 13.7. The molecule has 0 unspecified atom stereocenters.